The molecular formula is C22H23F2N3O. The molecule has 1 aromatic heterocycles. The lowest BCUT2D eigenvalue weighted by atomic mass is 10.2. The smallest absolute Gasteiger partial charge is 0.322 e. The number of hydrogen-bond acceptors (Lipinski definition) is 1. The van der Waals surface area contributed by atoms with Crippen molar-refractivity contribution in [3.05, 3.63) is 89.8 Å². The zero-order valence-electron chi connectivity index (χ0n) is 15.9. The number of aromatic nitrogens is 1. The van der Waals surface area contributed by atoms with Gasteiger partial charge < -0.3 is 14.8 Å². The molecule has 146 valence electrons. The molecule has 0 radical (unpaired) electrons. The van der Waals surface area contributed by atoms with E-state index in [2.05, 4.69) is 22.0 Å². The lowest BCUT2D eigenvalue weighted by Crippen LogP contribution is -2.40. The first-order chi connectivity index (χ1) is 13.4. The van der Waals surface area contributed by atoms with Gasteiger partial charge in [-0.2, -0.15) is 0 Å². The Bertz CT molecular complexity index is 938. The number of amides is 2. The quantitative estimate of drug-likeness (QED) is 0.620. The maximum absolute atomic E-state index is 13.4. The molecule has 6 heteroatoms. The second-order valence-electron chi connectivity index (χ2n) is 6.89. The van der Waals surface area contributed by atoms with Gasteiger partial charge in [-0.1, -0.05) is 30.3 Å². The van der Waals surface area contributed by atoms with Gasteiger partial charge in [0.1, 0.15) is 0 Å². The number of nitrogens with zero attached hydrogens (tertiary/aromatic N) is 2. The first-order valence-corrected chi connectivity index (χ1v) is 9.14. The Morgan fingerprint density at radius 1 is 1.04 bits per heavy atom. The van der Waals surface area contributed by atoms with Crippen molar-refractivity contribution < 1.29 is 13.6 Å². The maximum Gasteiger partial charge on any atom is 0.322 e. The van der Waals surface area contributed by atoms with Crippen molar-refractivity contribution >= 4 is 11.7 Å². The highest BCUT2D eigenvalue weighted by Crippen LogP contribution is 2.17. The standard InChI is InChI=1S/C22H23F2N3O/c1-16(2)27(22(28)25-18-10-11-20(23)21(24)13-18)15-19-9-6-12-26(19)14-17-7-4-3-5-8-17/h3-13,16H,14-15H2,1-2H3,(H,25,28). The normalized spacial score (nSPS) is 10.9. The Morgan fingerprint density at radius 3 is 2.46 bits per heavy atom. The molecule has 2 amide bonds. The van der Waals surface area contributed by atoms with Crippen LogP contribution in [0.3, 0.4) is 0 Å². The highest BCUT2D eigenvalue weighted by atomic mass is 19.2. The molecular weight excluding hydrogens is 360 g/mol. The number of benzene rings is 2. The van der Waals surface area contributed by atoms with E-state index in [9.17, 15) is 13.6 Å². The first kappa shape index (κ1) is 19.6. The largest absolute Gasteiger partial charge is 0.345 e. The van der Waals surface area contributed by atoms with Crippen LogP contribution in [0.5, 0.6) is 0 Å². The van der Waals surface area contributed by atoms with E-state index in [0.29, 0.717) is 13.1 Å². The molecule has 0 saturated heterocycles. The molecule has 0 aliphatic heterocycles. The molecule has 0 aliphatic carbocycles. The Morgan fingerprint density at radius 2 is 1.79 bits per heavy atom. The molecule has 3 rings (SSSR count). The summed E-state index contributed by atoms with van der Waals surface area (Å²) < 4.78 is 28.6. The Balaban J connectivity index is 1.74. The highest BCUT2D eigenvalue weighted by Gasteiger charge is 2.19. The molecule has 1 heterocycles. The van der Waals surface area contributed by atoms with Gasteiger partial charge in [-0.3, -0.25) is 0 Å². The number of rotatable bonds is 6. The average molecular weight is 383 g/mol. The molecule has 28 heavy (non-hydrogen) atoms. The molecule has 3 aromatic rings. The van der Waals surface area contributed by atoms with Crippen molar-refractivity contribution in [2.45, 2.75) is 33.0 Å². The SMILES string of the molecule is CC(C)N(Cc1cccn1Cc1ccccc1)C(=O)Nc1ccc(F)c(F)c1. The van der Waals surface area contributed by atoms with E-state index in [4.69, 9.17) is 0 Å². The van der Waals surface area contributed by atoms with Gasteiger partial charge >= 0.3 is 6.03 Å². The summed E-state index contributed by atoms with van der Waals surface area (Å²) in [4.78, 5) is 14.4. The van der Waals surface area contributed by atoms with Gasteiger partial charge in [0.15, 0.2) is 11.6 Å². The van der Waals surface area contributed by atoms with Crippen LogP contribution in [-0.2, 0) is 13.1 Å². The summed E-state index contributed by atoms with van der Waals surface area (Å²) in [6.45, 7) is 4.93. The molecule has 2 aromatic carbocycles. The van der Waals surface area contributed by atoms with Crippen molar-refractivity contribution in [2.24, 2.45) is 0 Å². The van der Waals surface area contributed by atoms with Crippen LogP contribution in [0.15, 0.2) is 66.9 Å². The molecule has 4 nitrogen and oxygen atoms in total. The zero-order valence-corrected chi connectivity index (χ0v) is 15.9. The third-order valence-corrected chi connectivity index (χ3v) is 4.51. The van der Waals surface area contributed by atoms with Crippen LogP contribution >= 0.6 is 0 Å². The van der Waals surface area contributed by atoms with E-state index in [0.717, 1.165) is 17.8 Å². The van der Waals surface area contributed by atoms with Gasteiger partial charge in [0.2, 0.25) is 0 Å². The minimum absolute atomic E-state index is 0.0784. The van der Waals surface area contributed by atoms with Gasteiger partial charge in [-0.15, -0.1) is 0 Å². The highest BCUT2D eigenvalue weighted by molar-refractivity contribution is 5.89. The third kappa shape index (κ3) is 4.76. The van der Waals surface area contributed by atoms with Crippen molar-refractivity contribution in [2.75, 3.05) is 5.32 Å². The van der Waals surface area contributed by atoms with Gasteiger partial charge in [-0.05, 0) is 43.7 Å². The average Bonchev–Trinajstić information content (AvgIpc) is 3.10. The van der Waals surface area contributed by atoms with Crippen LogP contribution in [0.4, 0.5) is 19.3 Å². The topological polar surface area (TPSA) is 37.3 Å². The van der Waals surface area contributed by atoms with Crippen molar-refractivity contribution in [1.29, 1.82) is 0 Å². The van der Waals surface area contributed by atoms with Crippen LogP contribution in [0, 0.1) is 11.6 Å². The summed E-state index contributed by atoms with van der Waals surface area (Å²) in [5, 5.41) is 2.64. The van der Waals surface area contributed by atoms with E-state index in [1.54, 1.807) is 4.90 Å². The Hall–Kier alpha value is -3.15. The molecule has 0 saturated carbocycles. The summed E-state index contributed by atoms with van der Waals surface area (Å²) in [5.41, 5.74) is 2.37. The van der Waals surface area contributed by atoms with E-state index in [-0.39, 0.29) is 17.8 Å². The minimum Gasteiger partial charge on any atom is -0.345 e. The van der Waals surface area contributed by atoms with Crippen LogP contribution in [0.1, 0.15) is 25.1 Å². The number of anilines is 1. The second kappa shape index (κ2) is 8.69. The molecule has 0 aliphatic rings. The summed E-state index contributed by atoms with van der Waals surface area (Å²) in [7, 11) is 0. The summed E-state index contributed by atoms with van der Waals surface area (Å²) in [6.07, 6.45) is 1.98. The van der Waals surface area contributed by atoms with Gasteiger partial charge in [0, 0.05) is 36.2 Å². The number of carbonyl (C=O) groups excluding carboxylic acids is 1. The number of urea groups is 1. The Kier molecular flexibility index (Phi) is 6.09. The monoisotopic (exact) mass is 383 g/mol. The predicted octanol–water partition coefficient (Wildman–Crippen LogP) is 5.26. The van der Waals surface area contributed by atoms with Crippen molar-refractivity contribution in [1.82, 2.24) is 9.47 Å². The molecule has 1 N–H and O–H groups in total. The van der Waals surface area contributed by atoms with Crippen LogP contribution < -0.4 is 5.32 Å². The van der Waals surface area contributed by atoms with Crippen molar-refractivity contribution in [3.63, 3.8) is 0 Å². The third-order valence-electron chi connectivity index (χ3n) is 4.51. The fraction of sp³-hybridized carbons (Fsp3) is 0.227. The minimum atomic E-state index is -0.995. The zero-order chi connectivity index (χ0) is 20.1. The summed E-state index contributed by atoms with van der Waals surface area (Å²) in [6, 6.07) is 16.9. The first-order valence-electron chi connectivity index (χ1n) is 9.14. The summed E-state index contributed by atoms with van der Waals surface area (Å²) >= 11 is 0. The second-order valence-corrected chi connectivity index (χ2v) is 6.89. The number of nitrogens with one attached hydrogen (secondary N) is 1. The fourth-order valence-corrected chi connectivity index (χ4v) is 2.96. The molecule has 0 spiro atoms. The molecule has 0 bridgehead atoms. The van der Waals surface area contributed by atoms with Gasteiger partial charge in [-0.25, -0.2) is 13.6 Å². The van der Waals surface area contributed by atoms with Crippen molar-refractivity contribution in [3.8, 4) is 0 Å². The number of halogens is 2. The van der Waals surface area contributed by atoms with Crippen LogP contribution in [0.2, 0.25) is 0 Å². The van der Waals surface area contributed by atoms with E-state index < -0.39 is 11.6 Å². The number of hydrogen-bond donors (Lipinski definition) is 1. The molecule has 0 fully saturated rings. The number of carbonyl (C=O) groups is 1. The lowest BCUT2D eigenvalue weighted by molar-refractivity contribution is 0.192. The van der Waals surface area contributed by atoms with E-state index in [1.165, 1.54) is 11.6 Å². The molecule has 0 atom stereocenters. The van der Waals surface area contributed by atoms with Crippen LogP contribution in [0.25, 0.3) is 0 Å². The molecule has 0 unspecified atom stereocenters. The Labute approximate surface area is 163 Å². The van der Waals surface area contributed by atoms with Gasteiger partial charge in [0.25, 0.3) is 0 Å². The van der Waals surface area contributed by atoms with E-state index >= 15 is 0 Å². The lowest BCUT2D eigenvalue weighted by Gasteiger charge is -2.27. The fourth-order valence-electron chi connectivity index (χ4n) is 2.96. The predicted molar refractivity (Wildman–Crippen MR) is 106 cm³/mol. The van der Waals surface area contributed by atoms with E-state index in [1.807, 2.05) is 50.4 Å². The van der Waals surface area contributed by atoms with Crippen LogP contribution in [-0.4, -0.2) is 21.5 Å². The van der Waals surface area contributed by atoms with Gasteiger partial charge in [0.05, 0.1) is 6.54 Å². The summed E-state index contributed by atoms with van der Waals surface area (Å²) in [5.74, 6) is -1.94. The maximum atomic E-state index is 13.4.